The average Bonchev–Trinajstić information content (AvgIpc) is 1.93. The maximum absolute atomic E-state index is 6.15. The van der Waals surface area contributed by atoms with Gasteiger partial charge in [0.1, 0.15) is 49.4 Å². The molecule has 0 radical (unpaired) electrons. The van der Waals surface area contributed by atoms with E-state index in [2.05, 4.69) is 436 Å². The fraction of sp³-hybridized carbons (Fsp3) is 0.0376. The summed E-state index contributed by atoms with van der Waals surface area (Å²) in [6.07, 6.45) is 32.5. The van der Waals surface area contributed by atoms with E-state index >= 15 is 0 Å². The lowest BCUT2D eigenvalue weighted by molar-refractivity contribution is 0.370. The molecule has 0 saturated carbocycles. The third-order valence-corrected chi connectivity index (χ3v) is 27.8. The zero-order valence-electron chi connectivity index (χ0n) is 74.8. The van der Waals surface area contributed by atoms with E-state index in [1.807, 2.05) is 24.3 Å². The van der Waals surface area contributed by atoms with Crippen LogP contribution in [0.2, 0.25) is 0 Å². The number of benzene rings is 20. The topological polar surface area (TPSA) is 36.9 Å². The molecule has 640 valence electrons. The van der Waals surface area contributed by atoms with Crippen molar-refractivity contribution in [2.75, 3.05) is 26.4 Å². The molecular formula is C133H84O4. The Hall–Kier alpha value is -18.2. The summed E-state index contributed by atoms with van der Waals surface area (Å²) in [4.78, 5) is 0. The van der Waals surface area contributed by atoms with Crippen LogP contribution in [0.1, 0.15) is 89.0 Å². The fourth-order valence-electron chi connectivity index (χ4n) is 21.2. The molecule has 4 nitrogen and oxygen atoms in total. The van der Waals surface area contributed by atoms with Gasteiger partial charge in [0.2, 0.25) is 0 Å². The van der Waals surface area contributed by atoms with Crippen LogP contribution in [0.15, 0.2) is 413 Å². The van der Waals surface area contributed by atoms with Crippen molar-refractivity contribution in [3.05, 3.63) is 502 Å². The summed E-state index contributed by atoms with van der Waals surface area (Å²) >= 11 is 0. The molecule has 0 aromatic heterocycles. The third-order valence-electron chi connectivity index (χ3n) is 27.8. The molecule has 0 N–H and O–H groups in total. The van der Waals surface area contributed by atoms with Gasteiger partial charge in [-0.2, -0.15) is 0 Å². The Labute approximate surface area is 797 Å². The van der Waals surface area contributed by atoms with Crippen molar-refractivity contribution in [2.24, 2.45) is 0 Å². The molecule has 20 aromatic rings. The van der Waals surface area contributed by atoms with Crippen molar-refractivity contribution < 1.29 is 18.9 Å². The molecule has 0 aliphatic heterocycles. The summed E-state index contributed by atoms with van der Waals surface area (Å²) in [5.74, 6) is 13.6. The molecule has 0 unspecified atom stereocenters. The molecular weight excluding hydrogens is 1660 g/mol. The molecule has 0 amide bonds. The quantitative estimate of drug-likeness (QED) is 0.0563. The minimum atomic E-state index is -0.972. The Kier molecular flexibility index (Phi) is 20.7. The van der Waals surface area contributed by atoms with Crippen molar-refractivity contribution in [3.63, 3.8) is 0 Å². The van der Waals surface area contributed by atoms with E-state index in [9.17, 15) is 0 Å². The zero-order chi connectivity index (χ0) is 91.6. The maximum Gasteiger partial charge on any atom is 0.148 e. The van der Waals surface area contributed by atoms with E-state index in [0.717, 1.165) is 223 Å². The standard InChI is InChI=1S/C133H84O4/c1-5-65-134-109-53-61-117-113-57-41-101(77-125(113)121(129(117)81-109)73-85-25-29-89-17-9-13-21-97(89)69-85)93-33-45-105(46-34-93)133(106-47-35-94(36-48-106)102-42-58-114-118-62-54-110(135-66-6-2)82-130(118)122(126(114)78-102)74-86-26-30-90-18-10-14-22-98(90)70-86,107-49-37-95(38-50-107)103-43-59-115-119-63-55-111(136-67-7-3)83-131(119)123(127(115)79-103)75-87-27-31-91-19-11-15-23-99(91)71-87)108-51-39-96(40-52-108)104-44-60-116-120-64-56-112(137-68-8-4)84-132(120)124(128(116)80-104)76-88-28-32-92-20-12-16-24-100(92)72-88/h1-4,9-64,69-84H,65-68H2/b121-73-,122-74-,123-75-,124-76-. The minimum absolute atomic E-state index is 0.168. The van der Waals surface area contributed by atoms with Gasteiger partial charge in [0.15, 0.2) is 0 Å². The second-order valence-corrected chi connectivity index (χ2v) is 35.6. The summed E-state index contributed by atoms with van der Waals surface area (Å²) in [6.45, 7) is 0.671. The number of hydrogen-bond acceptors (Lipinski definition) is 4. The van der Waals surface area contributed by atoms with Crippen LogP contribution in [0.5, 0.6) is 23.0 Å². The highest BCUT2D eigenvalue weighted by atomic mass is 16.5. The van der Waals surface area contributed by atoms with E-state index in [1.54, 1.807) is 0 Å². The predicted octanol–water partition coefficient (Wildman–Crippen LogP) is 31.7. The maximum atomic E-state index is 6.15. The Morgan fingerprint density at radius 1 is 0.175 bits per heavy atom. The lowest BCUT2D eigenvalue weighted by Crippen LogP contribution is -2.31. The van der Waals surface area contributed by atoms with Crippen LogP contribution in [0, 0.1) is 49.4 Å². The molecule has 4 aliphatic rings. The summed E-state index contributed by atoms with van der Waals surface area (Å²) in [6, 6.07) is 152. The second kappa shape index (κ2) is 34.5. The lowest BCUT2D eigenvalue weighted by Gasteiger charge is -2.37. The second-order valence-electron chi connectivity index (χ2n) is 35.6. The summed E-state index contributed by atoms with van der Waals surface area (Å²) in [7, 11) is 0. The number of rotatable bonds is 20. The number of hydrogen-bond donors (Lipinski definition) is 0. The largest absolute Gasteiger partial charge is 0.481 e. The molecule has 24 rings (SSSR count). The van der Waals surface area contributed by atoms with Crippen molar-refractivity contribution in [2.45, 2.75) is 5.41 Å². The normalized spacial score (nSPS) is 13.4. The molecule has 0 saturated heterocycles. The molecule has 137 heavy (non-hydrogen) atoms. The van der Waals surface area contributed by atoms with Crippen molar-refractivity contribution in [1.29, 1.82) is 0 Å². The lowest BCUT2D eigenvalue weighted by atomic mass is 9.64. The summed E-state index contributed by atoms with van der Waals surface area (Å²) in [5, 5.41) is 9.47. The fourth-order valence-corrected chi connectivity index (χ4v) is 21.2. The van der Waals surface area contributed by atoms with Crippen LogP contribution in [-0.4, -0.2) is 26.4 Å². The van der Waals surface area contributed by atoms with E-state index < -0.39 is 5.41 Å². The molecule has 20 aromatic carbocycles. The highest BCUT2D eigenvalue weighted by Crippen LogP contribution is 2.55. The first-order valence-corrected chi connectivity index (χ1v) is 46.3. The van der Waals surface area contributed by atoms with Gasteiger partial charge in [-0.15, -0.1) is 25.7 Å². The first kappa shape index (κ1) is 82.0. The van der Waals surface area contributed by atoms with Crippen LogP contribution < -0.4 is 18.9 Å². The van der Waals surface area contributed by atoms with Gasteiger partial charge >= 0.3 is 0 Å². The monoisotopic (exact) mass is 1740 g/mol. The van der Waals surface area contributed by atoms with Gasteiger partial charge < -0.3 is 18.9 Å². The van der Waals surface area contributed by atoms with Crippen LogP contribution >= 0.6 is 0 Å². The third kappa shape index (κ3) is 14.9. The Balaban J connectivity index is 0.679. The number of ether oxygens (including phenoxy) is 4. The van der Waals surface area contributed by atoms with E-state index in [0.29, 0.717) is 0 Å². The predicted molar refractivity (Wildman–Crippen MR) is 569 cm³/mol. The summed E-state index contributed by atoms with van der Waals surface area (Å²) < 4.78 is 24.6. The van der Waals surface area contributed by atoms with Crippen molar-refractivity contribution >= 4 is 89.7 Å². The molecule has 4 heteroatoms. The Bertz CT molecular complexity index is 7700. The van der Waals surface area contributed by atoms with Crippen LogP contribution in [-0.2, 0) is 5.41 Å². The number of fused-ring (bicyclic) bond motifs is 16. The van der Waals surface area contributed by atoms with E-state index in [-0.39, 0.29) is 26.4 Å². The molecule has 0 fully saturated rings. The highest BCUT2D eigenvalue weighted by Gasteiger charge is 2.40. The zero-order valence-corrected chi connectivity index (χ0v) is 74.8. The Morgan fingerprint density at radius 2 is 0.365 bits per heavy atom. The van der Waals surface area contributed by atoms with Gasteiger partial charge in [0.25, 0.3) is 0 Å². The number of terminal acetylenes is 4. The van der Waals surface area contributed by atoms with Gasteiger partial charge in [-0.1, -0.05) is 339 Å². The molecule has 4 aliphatic carbocycles. The van der Waals surface area contributed by atoms with Crippen LogP contribution in [0.4, 0.5) is 0 Å². The van der Waals surface area contributed by atoms with Gasteiger partial charge in [0.05, 0.1) is 5.41 Å². The molecule has 0 spiro atoms. The summed E-state index contributed by atoms with van der Waals surface area (Å²) in [5.41, 5.74) is 38.9. The van der Waals surface area contributed by atoms with E-state index in [1.165, 1.54) is 43.1 Å². The molecule has 0 atom stereocenters. The molecule has 0 bridgehead atoms. The first-order chi connectivity index (χ1) is 67.6. The van der Waals surface area contributed by atoms with Crippen LogP contribution in [0.25, 0.3) is 179 Å². The minimum Gasteiger partial charge on any atom is -0.481 e. The SMILES string of the molecule is C#CCOc1ccc2c(c1)/C(=C\c1ccc3ccccc3c1)c1cc(-c3ccc(C(c4ccc(-c5ccc6c(c5)/C(=C/c5ccc7ccccc7c5)c5cc(OCC#C)ccc5-6)cc4)(c4ccc(-c5ccc6c(c5)/C(=C/c5ccc7ccccc7c5)c5cc(OCC#C)ccc5-6)cc4)c4ccc(-c5ccc6c(c5)/C(=C/c5ccc7ccccc7c5)c5cc(OCC#C)ccc5-6)cc4)cc3)ccc1-2. The highest BCUT2D eigenvalue weighted by molar-refractivity contribution is 6.13. The Morgan fingerprint density at radius 3 is 0.577 bits per heavy atom. The van der Waals surface area contributed by atoms with Gasteiger partial charge in [-0.25, -0.2) is 0 Å². The molecule has 0 heterocycles. The van der Waals surface area contributed by atoms with E-state index in [4.69, 9.17) is 44.6 Å². The van der Waals surface area contributed by atoms with Crippen LogP contribution in [0.3, 0.4) is 0 Å². The van der Waals surface area contributed by atoms with Gasteiger partial charge in [0, 0.05) is 0 Å². The van der Waals surface area contributed by atoms with Crippen molar-refractivity contribution in [3.8, 4) is 161 Å². The smallest absolute Gasteiger partial charge is 0.148 e. The average molecular weight is 1750 g/mol. The van der Waals surface area contributed by atoms with Crippen molar-refractivity contribution in [1.82, 2.24) is 0 Å². The van der Waals surface area contributed by atoms with Gasteiger partial charge in [-0.05, 0) is 365 Å². The van der Waals surface area contributed by atoms with Gasteiger partial charge in [-0.3, -0.25) is 0 Å². The first-order valence-electron chi connectivity index (χ1n) is 46.3.